The van der Waals surface area contributed by atoms with Gasteiger partial charge in [-0.2, -0.15) is 0 Å². The number of amides is 1. The summed E-state index contributed by atoms with van der Waals surface area (Å²) < 4.78 is 21.6. The molecule has 2 N–H and O–H groups in total. The number of carbonyl (C=O) groups is 1. The summed E-state index contributed by atoms with van der Waals surface area (Å²) >= 11 is 0. The molecule has 0 bridgehead atoms. The molecule has 1 aliphatic heterocycles. The van der Waals surface area contributed by atoms with Crippen LogP contribution in [-0.2, 0) is 34.5 Å². The number of halogens is 1. The van der Waals surface area contributed by atoms with Crippen molar-refractivity contribution < 1.29 is 13.9 Å². The molecule has 4 heterocycles. The van der Waals surface area contributed by atoms with E-state index in [2.05, 4.69) is 20.3 Å². The van der Waals surface area contributed by atoms with Crippen molar-refractivity contribution in [2.24, 2.45) is 0 Å². The van der Waals surface area contributed by atoms with Gasteiger partial charge in [0.1, 0.15) is 18.1 Å². The molecule has 6 rings (SSSR count). The van der Waals surface area contributed by atoms with Gasteiger partial charge < -0.3 is 15.0 Å². The molecule has 9 heteroatoms. The molecule has 0 spiro atoms. The second-order valence-electron chi connectivity index (χ2n) is 10.1. The molecular formula is C31H28FN5O3. The molecule has 3 aromatic heterocycles. The summed E-state index contributed by atoms with van der Waals surface area (Å²) in [6, 6.07) is 19.9. The van der Waals surface area contributed by atoms with E-state index in [1.165, 1.54) is 10.6 Å². The summed E-state index contributed by atoms with van der Waals surface area (Å²) in [5, 5.41) is 3.86. The molecule has 0 radical (unpaired) electrons. The number of hydrogen-bond acceptors (Lipinski definition) is 5. The number of pyridine rings is 1. The molecule has 0 unspecified atom stereocenters. The van der Waals surface area contributed by atoms with Gasteiger partial charge in [-0.3, -0.25) is 24.1 Å². The van der Waals surface area contributed by atoms with Crippen LogP contribution in [0.3, 0.4) is 0 Å². The fourth-order valence-corrected chi connectivity index (χ4v) is 5.25. The third-order valence-corrected chi connectivity index (χ3v) is 7.49. The topological polar surface area (TPSA) is 102 Å². The predicted molar refractivity (Wildman–Crippen MR) is 149 cm³/mol. The van der Waals surface area contributed by atoms with Crippen LogP contribution in [0.1, 0.15) is 23.4 Å². The lowest BCUT2D eigenvalue weighted by atomic mass is 9.74. The van der Waals surface area contributed by atoms with Crippen LogP contribution < -0.4 is 10.9 Å². The summed E-state index contributed by atoms with van der Waals surface area (Å²) in [4.78, 5) is 38.7. The highest BCUT2D eigenvalue weighted by molar-refractivity contribution is 5.80. The van der Waals surface area contributed by atoms with Crippen LogP contribution in [0.2, 0.25) is 0 Å². The number of aryl methyl sites for hydroxylation is 1. The minimum Gasteiger partial charge on any atom is -0.379 e. The lowest BCUT2D eigenvalue weighted by molar-refractivity contribution is -0.121. The SMILES string of the molecule is O=C(Cn1c(-c2ccccc2)cnc(CCC2(c3ccccc3F)COC2)c1=O)NCc1cc2cnccc2[nH]1. The number of hydrogen-bond donors (Lipinski definition) is 2. The fourth-order valence-electron chi connectivity index (χ4n) is 5.25. The quantitative estimate of drug-likeness (QED) is 0.294. The molecule has 0 saturated carbocycles. The molecule has 8 nitrogen and oxygen atoms in total. The summed E-state index contributed by atoms with van der Waals surface area (Å²) in [6.45, 7) is 0.890. The van der Waals surface area contributed by atoms with E-state index in [4.69, 9.17) is 4.74 Å². The fraction of sp³-hybridized carbons (Fsp3) is 0.226. The predicted octanol–water partition coefficient (Wildman–Crippen LogP) is 4.14. The molecule has 1 saturated heterocycles. The van der Waals surface area contributed by atoms with Gasteiger partial charge in [-0.05, 0) is 42.2 Å². The molecule has 202 valence electrons. The van der Waals surface area contributed by atoms with E-state index in [1.807, 2.05) is 48.5 Å². The van der Waals surface area contributed by atoms with Crippen molar-refractivity contribution >= 4 is 16.8 Å². The zero-order valence-corrected chi connectivity index (χ0v) is 21.8. The van der Waals surface area contributed by atoms with E-state index in [1.54, 1.807) is 30.7 Å². The third kappa shape index (κ3) is 5.03. The Labute approximate surface area is 229 Å². The Morgan fingerprint density at radius 2 is 1.88 bits per heavy atom. The monoisotopic (exact) mass is 537 g/mol. The highest BCUT2D eigenvalue weighted by Gasteiger charge is 2.42. The van der Waals surface area contributed by atoms with E-state index in [0.717, 1.165) is 22.2 Å². The molecule has 0 aliphatic carbocycles. The second kappa shape index (κ2) is 10.9. The lowest BCUT2D eigenvalue weighted by Gasteiger charge is -2.42. The van der Waals surface area contributed by atoms with Gasteiger partial charge in [-0.25, -0.2) is 4.39 Å². The molecular weight excluding hydrogens is 509 g/mol. The first kappa shape index (κ1) is 25.6. The molecule has 1 amide bonds. The van der Waals surface area contributed by atoms with Crippen molar-refractivity contribution in [3.63, 3.8) is 0 Å². The number of aromatic amines is 1. The van der Waals surface area contributed by atoms with Gasteiger partial charge in [0.05, 0.1) is 31.6 Å². The number of carbonyl (C=O) groups excluding carboxylic acids is 1. The van der Waals surface area contributed by atoms with Crippen LogP contribution in [0.25, 0.3) is 22.2 Å². The van der Waals surface area contributed by atoms with Crippen molar-refractivity contribution in [2.75, 3.05) is 13.2 Å². The molecule has 1 fully saturated rings. The summed E-state index contributed by atoms with van der Waals surface area (Å²) in [7, 11) is 0. The molecule has 5 aromatic rings. The standard InChI is InChI=1S/C31H28FN5O3/c32-25-9-5-4-8-24(25)31(19-40-20-31)12-10-27-30(39)37(28(17-34-27)21-6-2-1-3-7-21)18-29(38)35-16-23-14-22-15-33-13-11-26(22)36-23/h1-9,11,13-15,17,36H,10,12,16,18-20H2,(H,35,38). The van der Waals surface area contributed by atoms with Crippen molar-refractivity contribution in [1.29, 1.82) is 0 Å². The zero-order chi connectivity index (χ0) is 27.5. The number of benzene rings is 2. The van der Waals surface area contributed by atoms with Gasteiger partial charge in [0.15, 0.2) is 0 Å². The van der Waals surface area contributed by atoms with Crippen LogP contribution in [0.15, 0.2) is 90.1 Å². The summed E-state index contributed by atoms with van der Waals surface area (Å²) in [5.41, 5.74) is 3.19. The zero-order valence-electron chi connectivity index (χ0n) is 21.8. The van der Waals surface area contributed by atoms with Crippen molar-refractivity contribution in [3.8, 4) is 11.3 Å². The first-order chi connectivity index (χ1) is 19.5. The summed E-state index contributed by atoms with van der Waals surface area (Å²) in [5.74, 6) is -0.582. The maximum atomic E-state index is 14.6. The first-order valence-corrected chi connectivity index (χ1v) is 13.2. The maximum Gasteiger partial charge on any atom is 0.273 e. The number of nitrogens with zero attached hydrogens (tertiary/aromatic N) is 3. The Hall–Kier alpha value is -4.63. The Bertz CT molecular complexity index is 1690. The Kier molecular flexibility index (Phi) is 6.96. The largest absolute Gasteiger partial charge is 0.379 e. The number of nitrogens with one attached hydrogen (secondary N) is 2. The van der Waals surface area contributed by atoms with E-state index in [0.29, 0.717) is 43.0 Å². The number of rotatable bonds is 9. The minimum absolute atomic E-state index is 0.165. The Morgan fingerprint density at radius 3 is 2.62 bits per heavy atom. The highest BCUT2D eigenvalue weighted by atomic mass is 19.1. The van der Waals surface area contributed by atoms with E-state index in [9.17, 15) is 14.0 Å². The van der Waals surface area contributed by atoms with Crippen molar-refractivity contribution in [2.45, 2.75) is 31.3 Å². The van der Waals surface area contributed by atoms with Crippen molar-refractivity contribution in [3.05, 3.63) is 118 Å². The molecule has 1 aliphatic rings. The lowest BCUT2D eigenvalue weighted by Crippen LogP contribution is -2.48. The van der Waals surface area contributed by atoms with Gasteiger partial charge in [-0.1, -0.05) is 48.5 Å². The maximum absolute atomic E-state index is 14.6. The van der Waals surface area contributed by atoms with Crippen LogP contribution in [-0.4, -0.2) is 38.6 Å². The van der Waals surface area contributed by atoms with Crippen LogP contribution in [0, 0.1) is 5.82 Å². The highest BCUT2D eigenvalue weighted by Crippen LogP contribution is 2.38. The molecule has 2 aromatic carbocycles. The van der Waals surface area contributed by atoms with Gasteiger partial charge in [-0.15, -0.1) is 0 Å². The number of H-pyrrole nitrogens is 1. The number of fused-ring (bicyclic) bond motifs is 1. The normalized spacial score (nSPS) is 14.1. The number of ether oxygens (including phenoxy) is 1. The smallest absolute Gasteiger partial charge is 0.273 e. The van der Waals surface area contributed by atoms with Gasteiger partial charge in [0.2, 0.25) is 5.91 Å². The van der Waals surface area contributed by atoms with Gasteiger partial charge in [0, 0.05) is 34.4 Å². The van der Waals surface area contributed by atoms with Crippen LogP contribution >= 0.6 is 0 Å². The van der Waals surface area contributed by atoms with E-state index < -0.39 is 5.41 Å². The Balaban J connectivity index is 1.24. The third-order valence-electron chi connectivity index (χ3n) is 7.49. The van der Waals surface area contributed by atoms with Gasteiger partial charge in [0.25, 0.3) is 5.56 Å². The average molecular weight is 538 g/mol. The molecule has 40 heavy (non-hydrogen) atoms. The Morgan fingerprint density at radius 1 is 1.07 bits per heavy atom. The van der Waals surface area contributed by atoms with Crippen molar-refractivity contribution in [1.82, 2.24) is 24.8 Å². The minimum atomic E-state index is -0.505. The van der Waals surface area contributed by atoms with E-state index >= 15 is 0 Å². The second-order valence-corrected chi connectivity index (χ2v) is 10.1. The van der Waals surface area contributed by atoms with Crippen LogP contribution in [0.4, 0.5) is 4.39 Å². The molecule has 0 atom stereocenters. The average Bonchev–Trinajstić information content (AvgIpc) is 3.38. The summed E-state index contributed by atoms with van der Waals surface area (Å²) in [6.07, 6.45) is 5.93. The van der Waals surface area contributed by atoms with E-state index in [-0.39, 0.29) is 30.4 Å². The van der Waals surface area contributed by atoms with Gasteiger partial charge >= 0.3 is 0 Å². The first-order valence-electron chi connectivity index (χ1n) is 13.2. The number of aromatic nitrogens is 4. The van der Waals surface area contributed by atoms with Crippen LogP contribution in [0.5, 0.6) is 0 Å².